The van der Waals surface area contributed by atoms with E-state index in [4.69, 9.17) is 4.42 Å². The minimum Gasteiger partial charge on any atom is -0.446 e. The van der Waals surface area contributed by atoms with Crippen LogP contribution in [0.25, 0.3) is 0 Å². The van der Waals surface area contributed by atoms with Crippen LogP contribution in [-0.4, -0.2) is 11.1 Å². The van der Waals surface area contributed by atoms with Gasteiger partial charge in [0.05, 0.1) is 0 Å². The van der Waals surface area contributed by atoms with Gasteiger partial charge in [0.15, 0.2) is 6.39 Å². The number of carbonyl (C=O) groups excluding carboxylic acids is 1. The number of aliphatic imine (C=N–C) groups is 1. The highest BCUT2D eigenvalue weighted by Gasteiger charge is 1.97. The van der Waals surface area contributed by atoms with Crippen molar-refractivity contribution in [3.63, 3.8) is 0 Å². The molecule has 0 saturated carbocycles. The topological polar surface area (TPSA) is 55.5 Å². The van der Waals surface area contributed by atoms with Crippen molar-refractivity contribution >= 4 is 11.9 Å². The summed E-state index contributed by atoms with van der Waals surface area (Å²) in [5.41, 5.74) is 0. The van der Waals surface area contributed by atoms with E-state index in [0.717, 1.165) is 0 Å². The molecule has 0 unspecified atom stereocenters. The van der Waals surface area contributed by atoms with E-state index >= 15 is 0 Å². The SMILES string of the molecule is Cc1ocnc1N=C=O. The maximum Gasteiger partial charge on any atom is 0.242 e. The summed E-state index contributed by atoms with van der Waals surface area (Å²) in [5, 5.41) is 0. The van der Waals surface area contributed by atoms with Crippen molar-refractivity contribution < 1.29 is 9.21 Å². The fraction of sp³-hybridized carbons (Fsp3) is 0.200. The van der Waals surface area contributed by atoms with Gasteiger partial charge < -0.3 is 4.42 Å². The van der Waals surface area contributed by atoms with Crippen molar-refractivity contribution in [1.29, 1.82) is 0 Å². The predicted octanol–water partition coefficient (Wildman–Crippen LogP) is 0.950. The van der Waals surface area contributed by atoms with Crippen molar-refractivity contribution in [2.75, 3.05) is 0 Å². The molecular weight excluding hydrogens is 120 g/mol. The molecule has 0 fully saturated rings. The summed E-state index contributed by atoms with van der Waals surface area (Å²) in [4.78, 5) is 16.5. The van der Waals surface area contributed by atoms with Crippen molar-refractivity contribution in [1.82, 2.24) is 4.98 Å². The van der Waals surface area contributed by atoms with Gasteiger partial charge in [-0.05, 0) is 6.92 Å². The summed E-state index contributed by atoms with van der Waals surface area (Å²) in [6.45, 7) is 1.67. The van der Waals surface area contributed by atoms with Crippen LogP contribution < -0.4 is 0 Å². The van der Waals surface area contributed by atoms with E-state index in [1.165, 1.54) is 12.5 Å². The van der Waals surface area contributed by atoms with E-state index in [0.29, 0.717) is 11.6 Å². The number of hydrogen-bond acceptors (Lipinski definition) is 4. The van der Waals surface area contributed by atoms with Crippen LogP contribution in [-0.2, 0) is 4.79 Å². The number of nitrogens with zero attached hydrogens (tertiary/aromatic N) is 2. The molecule has 0 spiro atoms. The fourth-order valence-corrected chi connectivity index (χ4v) is 0.450. The molecule has 9 heavy (non-hydrogen) atoms. The Bertz CT molecular complexity index is 247. The molecule has 0 saturated heterocycles. The highest BCUT2D eigenvalue weighted by atomic mass is 16.3. The van der Waals surface area contributed by atoms with Crippen LogP contribution in [0.15, 0.2) is 15.8 Å². The van der Waals surface area contributed by atoms with E-state index in [2.05, 4.69) is 9.98 Å². The smallest absolute Gasteiger partial charge is 0.242 e. The Hall–Kier alpha value is -1.41. The van der Waals surface area contributed by atoms with E-state index in [9.17, 15) is 4.79 Å². The van der Waals surface area contributed by atoms with Gasteiger partial charge >= 0.3 is 0 Å². The first-order valence-electron chi connectivity index (χ1n) is 2.32. The highest BCUT2D eigenvalue weighted by molar-refractivity contribution is 5.45. The van der Waals surface area contributed by atoms with Crippen LogP contribution >= 0.6 is 0 Å². The Labute approximate surface area is 51.2 Å². The molecular formula is C5H4N2O2. The Morgan fingerprint density at radius 1 is 1.89 bits per heavy atom. The van der Waals surface area contributed by atoms with Gasteiger partial charge in [-0.1, -0.05) is 0 Å². The van der Waals surface area contributed by atoms with Crippen molar-refractivity contribution in [3.05, 3.63) is 12.2 Å². The molecule has 0 aliphatic rings. The number of oxazole rings is 1. The van der Waals surface area contributed by atoms with Gasteiger partial charge in [-0.2, -0.15) is 4.98 Å². The summed E-state index contributed by atoms with van der Waals surface area (Å²) in [7, 11) is 0. The Morgan fingerprint density at radius 2 is 2.67 bits per heavy atom. The van der Waals surface area contributed by atoms with Crippen molar-refractivity contribution in [3.8, 4) is 0 Å². The van der Waals surface area contributed by atoms with Gasteiger partial charge in [0.1, 0.15) is 5.76 Å². The van der Waals surface area contributed by atoms with Gasteiger partial charge in [-0.3, -0.25) is 0 Å². The summed E-state index contributed by atoms with van der Waals surface area (Å²) in [6.07, 6.45) is 2.59. The van der Waals surface area contributed by atoms with E-state index in [-0.39, 0.29) is 0 Å². The van der Waals surface area contributed by atoms with Crippen LogP contribution in [0.3, 0.4) is 0 Å². The first-order valence-corrected chi connectivity index (χ1v) is 2.32. The first-order chi connectivity index (χ1) is 4.34. The third-order valence-electron chi connectivity index (χ3n) is 0.871. The second-order valence-corrected chi connectivity index (χ2v) is 1.44. The van der Waals surface area contributed by atoms with Gasteiger partial charge in [0, 0.05) is 0 Å². The van der Waals surface area contributed by atoms with E-state index in [1.54, 1.807) is 6.92 Å². The van der Waals surface area contributed by atoms with Crippen LogP contribution in [0.5, 0.6) is 0 Å². The molecule has 46 valence electrons. The molecule has 0 N–H and O–H groups in total. The zero-order valence-corrected chi connectivity index (χ0v) is 4.79. The lowest BCUT2D eigenvalue weighted by atomic mass is 10.5. The minimum atomic E-state index is 0.296. The molecule has 0 bridgehead atoms. The average Bonchev–Trinajstić information content (AvgIpc) is 2.18. The average molecular weight is 124 g/mol. The third kappa shape index (κ3) is 1.03. The fourth-order valence-electron chi connectivity index (χ4n) is 0.450. The molecule has 1 heterocycles. The van der Waals surface area contributed by atoms with E-state index in [1.807, 2.05) is 0 Å². The van der Waals surface area contributed by atoms with Gasteiger partial charge in [0.25, 0.3) is 0 Å². The molecule has 0 atom stereocenters. The zero-order valence-electron chi connectivity index (χ0n) is 4.79. The third-order valence-corrected chi connectivity index (χ3v) is 0.871. The number of rotatable bonds is 1. The molecule has 1 aromatic heterocycles. The summed E-state index contributed by atoms with van der Waals surface area (Å²) in [5.74, 6) is 0.823. The lowest BCUT2D eigenvalue weighted by Crippen LogP contribution is -1.63. The zero-order chi connectivity index (χ0) is 6.69. The molecule has 0 radical (unpaired) electrons. The predicted molar refractivity (Wildman–Crippen MR) is 29.0 cm³/mol. The summed E-state index contributed by atoms with van der Waals surface area (Å²) in [6, 6.07) is 0. The molecule has 1 aromatic rings. The highest BCUT2D eigenvalue weighted by Crippen LogP contribution is 2.12. The molecule has 0 aliphatic carbocycles. The standard InChI is InChI=1S/C5H4N2O2/c1-4-5(6-2-8)7-3-9-4/h3H,1H3. The molecule has 0 aliphatic heterocycles. The monoisotopic (exact) mass is 124 g/mol. The number of aryl methyl sites for hydroxylation is 1. The van der Waals surface area contributed by atoms with Crippen LogP contribution in [0.4, 0.5) is 5.82 Å². The maximum atomic E-state index is 9.65. The number of aromatic nitrogens is 1. The number of hydrogen-bond donors (Lipinski definition) is 0. The molecule has 0 aromatic carbocycles. The lowest BCUT2D eigenvalue weighted by molar-refractivity contribution is 0.527. The van der Waals surface area contributed by atoms with Gasteiger partial charge in [-0.25, -0.2) is 4.79 Å². The van der Waals surface area contributed by atoms with Crippen molar-refractivity contribution in [2.24, 2.45) is 4.99 Å². The maximum absolute atomic E-state index is 9.65. The second kappa shape index (κ2) is 2.24. The Balaban J connectivity index is 3.07. The van der Waals surface area contributed by atoms with Crippen LogP contribution in [0.1, 0.15) is 5.76 Å². The largest absolute Gasteiger partial charge is 0.446 e. The molecule has 1 rings (SSSR count). The minimum absolute atomic E-state index is 0.296. The van der Waals surface area contributed by atoms with Crippen molar-refractivity contribution in [2.45, 2.75) is 6.92 Å². The van der Waals surface area contributed by atoms with Gasteiger partial charge in [-0.15, -0.1) is 4.99 Å². The summed E-state index contributed by atoms with van der Waals surface area (Å²) >= 11 is 0. The lowest BCUT2D eigenvalue weighted by Gasteiger charge is -1.77. The number of isocyanates is 1. The normalized spacial score (nSPS) is 8.56. The van der Waals surface area contributed by atoms with Crippen LogP contribution in [0, 0.1) is 6.92 Å². The van der Waals surface area contributed by atoms with Gasteiger partial charge in [0.2, 0.25) is 11.9 Å². The first kappa shape index (κ1) is 5.72. The Kier molecular flexibility index (Phi) is 1.42. The van der Waals surface area contributed by atoms with Crippen LogP contribution in [0.2, 0.25) is 0 Å². The second-order valence-electron chi connectivity index (χ2n) is 1.44. The Morgan fingerprint density at radius 3 is 3.11 bits per heavy atom. The summed E-state index contributed by atoms with van der Waals surface area (Å²) < 4.78 is 4.73. The molecule has 4 heteroatoms. The molecule has 4 nitrogen and oxygen atoms in total. The quantitative estimate of drug-likeness (QED) is 0.413. The molecule has 0 amide bonds. The van der Waals surface area contributed by atoms with E-state index < -0.39 is 0 Å².